The summed E-state index contributed by atoms with van der Waals surface area (Å²) in [6, 6.07) is 13.1. The van der Waals surface area contributed by atoms with Crippen molar-refractivity contribution in [3.8, 4) is 32.6 Å². The zero-order chi connectivity index (χ0) is 65.2. The van der Waals surface area contributed by atoms with E-state index in [2.05, 4.69) is 51.6 Å². The molecule has 13 atom stereocenters. The summed E-state index contributed by atoms with van der Waals surface area (Å²) in [7, 11) is 0. The van der Waals surface area contributed by atoms with E-state index in [0.29, 0.717) is 15.6 Å². The highest BCUT2D eigenvalue weighted by atomic mass is 32.1. The number of aliphatic hydroxyl groups excluding tert-OH is 6. The van der Waals surface area contributed by atoms with Crippen LogP contribution >= 0.6 is 11.3 Å². The second-order valence-corrected chi connectivity index (χ2v) is 24.2. The van der Waals surface area contributed by atoms with Gasteiger partial charge in [0, 0.05) is 106 Å². The Labute approximate surface area is 527 Å². The van der Waals surface area contributed by atoms with Crippen molar-refractivity contribution in [2.45, 2.75) is 112 Å². The Kier molecular flexibility index (Phi) is 22.2. The third-order valence-electron chi connectivity index (χ3n) is 16.6. The molecule has 0 bridgehead atoms. The van der Waals surface area contributed by atoms with Crippen molar-refractivity contribution in [3.05, 3.63) is 102 Å². The summed E-state index contributed by atoms with van der Waals surface area (Å²) in [6.07, 6.45) is -10.1. The molecule has 0 spiro atoms. The maximum absolute atomic E-state index is 14.7. The van der Waals surface area contributed by atoms with Crippen molar-refractivity contribution in [2.24, 2.45) is 17.4 Å². The molecule has 3 aromatic carbocycles. The fraction of sp³-hybridized carbons (Fsp3) is 0.475. The molecule has 0 aliphatic carbocycles. The average molecular weight is 1280 g/mol. The van der Waals surface area contributed by atoms with Gasteiger partial charge in [-0.25, -0.2) is 4.98 Å². The van der Waals surface area contributed by atoms with E-state index in [-0.39, 0.29) is 55.3 Å². The number of piperazine rings is 1. The van der Waals surface area contributed by atoms with Gasteiger partial charge in [-0.3, -0.25) is 33.6 Å². The lowest BCUT2D eigenvalue weighted by molar-refractivity contribution is -0.147. The van der Waals surface area contributed by atoms with Crippen LogP contribution in [0.25, 0.3) is 21.1 Å². The third-order valence-corrected chi connectivity index (χ3v) is 17.6. The molecular weight excluding hydrogens is 1200 g/mol. The van der Waals surface area contributed by atoms with Crippen LogP contribution in [0.1, 0.15) is 49.0 Å². The lowest BCUT2D eigenvalue weighted by atomic mass is 9.98. The number of amides is 7. The number of benzene rings is 3. The average Bonchev–Trinajstić information content (AvgIpc) is 1.84. The van der Waals surface area contributed by atoms with E-state index in [1.54, 1.807) is 18.3 Å². The van der Waals surface area contributed by atoms with Gasteiger partial charge in [0.05, 0.1) is 36.6 Å². The molecule has 91 heavy (non-hydrogen) atoms. The molecule has 1 unspecified atom stereocenters. The number of fused-ring (bicyclic) bond motifs is 2. The van der Waals surface area contributed by atoms with E-state index in [1.807, 2.05) is 42.5 Å². The molecule has 4 aliphatic rings. The number of nitrogens with two attached hydrogens (primary N) is 2. The first-order valence-electron chi connectivity index (χ1n) is 30.1. The van der Waals surface area contributed by atoms with E-state index in [0.717, 1.165) is 60.0 Å². The largest absolute Gasteiger partial charge is 0.504 e. The van der Waals surface area contributed by atoms with E-state index in [4.69, 9.17) is 16.2 Å². The lowest BCUT2D eigenvalue weighted by Crippen LogP contribution is -2.64. The predicted octanol–water partition coefficient (Wildman–Crippen LogP) is -3.07. The number of aromatic nitrogens is 3. The Morgan fingerprint density at radius 3 is 2.02 bits per heavy atom. The standard InChI is InChI=1S/C61H78N14O15S/c1-32-30-75-51(52(32)82)57(87)65-29-39(77)27-41(66-53(83)35-7-9-36(10-8-35)58-70-71-59(91-58)37-11-13-38(14-12-37)72-20-22-73(23-21-72)47-5-3-4-19-64-47)54(84)67-48(33(2)76)60(88)74-31-40(78)28-42(74)55(85)68-49(56(86)69-50(61(75)89)44(80)16-17-62)45(81)25-34-6-15-43(79)46(26-34)90-24-18-63/h3-15,19,26,32-33,39-42,44-45,48-52,76-82H,16-18,20-25,27-31,62-63H2,1-2H3,(H,65,87)(H,66,83)(H,67,84)(H,68,85)(H,69,86)/t32-,33+,39+,40+,41?,42-,44+,45+,48-,49-,50-,51-,52-/m0/s1. The molecule has 488 valence electrons. The monoisotopic (exact) mass is 1280 g/mol. The van der Waals surface area contributed by atoms with Gasteiger partial charge in [0.2, 0.25) is 35.4 Å². The lowest BCUT2D eigenvalue weighted by Gasteiger charge is -2.36. The van der Waals surface area contributed by atoms with Gasteiger partial charge in [-0.05, 0) is 86.1 Å². The molecule has 4 saturated heterocycles. The molecular formula is C61H78N14O15S. The maximum Gasteiger partial charge on any atom is 0.251 e. The van der Waals surface area contributed by atoms with Crippen LogP contribution in [0.4, 0.5) is 11.5 Å². The molecule has 29 nitrogen and oxygen atoms in total. The number of ether oxygens (including phenoxy) is 1. The minimum Gasteiger partial charge on any atom is -0.504 e. The number of carbonyl (C=O) groups is 7. The van der Waals surface area contributed by atoms with Gasteiger partial charge in [0.25, 0.3) is 5.91 Å². The first-order valence-corrected chi connectivity index (χ1v) is 30.9. The van der Waals surface area contributed by atoms with Crippen LogP contribution in [0, 0.1) is 5.92 Å². The van der Waals surface area contributed by atoms with Gasteiger partial charge < -0.3 is 98.1 Å². The van der Waals surface area contributed by atoms with E-state index >= 15 is 0 Å². The smallest absolute Gasteiger partial charge is 0.251 e. The molecule has 30 heteroatoms. The number of rotatable bonds is 16. The van der Waals surface area contributed by atoms with Gasteiger partial charge >= 0.3 is 0 Å². The number of phenolic OH excluding ortho intramolecular Hbond substituents is 1. The maximum atomic E-state index is 14.7. The molecule has 9 rings (SSSR count). The zero-order valence-corrected chi connectivity index (χ0v) is 51.0. The van der Waals surface area contributed by atoms with Crippen LogP contribution in [-0.4, -0.2) is 240 Å². The number of pyridine rings is 1. The Morgan fingerprint density at radius 1 is 0.725 bits per heavy atom. The summed E-state index contributed by atoms with van der Waals surface area (Å²) in [5.41, 5.74) is 14.2. The van der Waals surface area contributed by atoms with Crippen LogP contribution in [0.5, 0.6) is 11.5 Å². The molecule has 7 amide bonds. The number of carbonyl (C=O) groups excluding carboxylic acids is 7. The topological polar surface area (TPSA) is 434 Å². The summed E-state index contributed by atoms with van der Waals surface area (Å²) in [5, 5.41) is 101. The molecule has 2 aromatic heterocycles. The summed E-state index contributed by atoms with van der Waals surface area (Å²) in [4.78, 5) is 112. The van der Waals surface area contributed by atoms with E-state index < -0.39 is 152 Å². The minimum atomic E-state index is -2.04. The third kappa shape index (κ3) is 16.0. The number of phenols is 1. The van der Waals surface area contributed by atoms with E-state index in [9.17, 15) is 69.3 Å². The number of aromatic hydroxyl groups is 1. The summed E-state index contributed by atoms with van der Waals surface area (Å²) in [5.74, 6) is -7.71. The highest BCUT2D eigenvalue weighted by Crippen LogP contribution is 2.33. The van der Waals surface area contributed by atoms with Crippen LogP contribution in [0.3, 0.4) is 0 Å². The van der Waals surface area contributed by atoms with Crippen LogP contribution in [-0.2, 0) is 35.2 Å². The van der Waals surface area contributed by atoms with Gasteiger partial charge in [0.15, 0.2) is 11.5 Å². The Balaban J connectivity index is 0.959. The van der Waals surface area contributed by atoms with Gasteiger partial charge in [-0.1, -0.05) is 42.5 Å². The molecule has 0 radical (unpaired) electrons. The first kappa shape index (κ1) is 66.9. The van der Waals surface area contributed by atoms with Gasteiger partial charge in [-0.15, -0.1) is 10.2 Å². The van der Waals surface area contributed by atoms with Crippen molar-refractivity contribution >= 4 is 64.2 Å². The molecule has 4 aliphatic heterocycles. The van der Waals surface area contributed by atoms with E-state index in [1.165, 1.54) is 48.6 Å². The highest BCUT2D eigenvalue weighted by Gasteiger charge is 2.50. The molecule has 6 heterocycles. The Bertz CT molecular complexity index is 3360. The number of hydrogen-bond acceptors (Lipinski definition) is 23. The van der Waals surface area contributed by atoms with Crippen LogP contribution in [0.2, 0.25) is 0 Å². The number of nitrogens with one attached hydrogen (secondary N) is 5. The fourth-order valence-electron chi connectivity index (χ4n) is 11.6. The van der Waals surface area contributed by atoms with Crippen molar-refractivity contribution in [2.75, 3.05) is 75.3 Å². The zero-order valence-electron chi connectivity index (χ0n) is 50.2. The van der Waals surface area contributed by atoms with Crippen LogP contribution < -0.4 is 52.6 Å². The summed E-state index contributed by atoms with van der Waals surface area (Å²) in [6.45, 7) is 4.37. The second kappa shape index (κ2) is 30.1. The minimum absolute atomic E-state index is 0.00574. The molecule has 16 N–H and O–H groups in total. The van der Waals surface area contributed by atoms with Crippen molar-refractivity contribution in [3.63, 3.8) is 0 Å². The quantitative estimate of drug-likeness (QED) is 0.0466. The van der Waals surface area contributed by atoms with Crippen molar-refractivity contribution < 1.29 is 74.0 Å². The molecule has 0 saturated carbocycles. The fourth-order valence-corrected chi connectivity index (χ4v) is 12.5. The van der Waals surface area contributed by atoms with Crippen LogP contribution in [0.15, 0.2) is 91.1 Å². The first-order chi connectivity index (χ1) is 43.6. The number of hydrogen-bond donors (Lipinski definition) is 14. The number of β-amino-alcohol motifs (C(OH)–C–C–N with tert-alkyl or cyclic N) is 1. The summed E-state index contributed by atoms with van der Waals surface area (Å²) < 4.78 is 5.52. The van der Waals surface area contributed by atoms with Crippen molar-refractivity contribution in [1.82, 2.24) is 51.6 Å². The second-order valence-electron chi connectivity index (χ2n) is 23.2. The van der Waals surface area contributed by atoms with Gasteiger partial charge in [0.1, 0.15) is 58.7 Å². The number of aliphatic hydroxyl groups is 6. The summed E-state index contributed by atoms with van der Waals surface area (Å²) >= 11 is 1.33. The SMILES string of the molecule is C[C@@H](O)[C@@H]1NC(=O)C(NC(=O)c2ccc(-c3nnc(-c4ccc(N5CCN(c6ccccn6)CC5)cc4)s3)cc2)C[C@@H](O)CNC(=O)[C@@H]2[C@@H](O)[C@@H](C)CN2C(=O)[C@H]([C@H](O)CCN)NC(=O)[C@H]([C@H](O)Cc2ccc(O)c(OCCN)c2)NC(=O)[C@@H]2C[C@@H](O)CN2C1=O. The Morgan fingerprint density at radius 2 is 1.37 bits per heavy atom. The van der Waals surface area contributed by atoms with Gasteiger partial charge in [-0.2, -0.15) is 0 Å². The Hall–Kier alpha value is -8.46. The van der Waals surface area contributed by atoms with Crippen molar-refractivity contribution in [1.29, 1.82) is 0 Å². The predicted molar refractivity (Wildman–Crippen MR) is 331 cm³/mol. The number of anilines is 2. The molecule has 5 aromatic rings. The highest BCUT2D eigenvalue weighted by molar-refractivity contribution is 7.17. The molecule has 4 fully saturated rings. The normalized spacial score (nSPS) is 25.9. The number of nitrogens with zero attached hydrogens (tertiary/aromatic N) is 7.